The minimum atomic E-state index is 0. The molecule has 2 rings (SSSR count). The number of rotatable bonds is 11. The van der Waals surface area contributed by atoms with Crippen LogP contribution >= 0.6 is 35.3 Å². The van der Waals surface area contributed by atoms with Gasteiger partial charge in [0.05, 0.1) is 18.8 Å². The maximum absolute atomic E-state index is 5.37. The van der Waals surface area contributed by atoms with E-state index >= 15 is 0 Å². The molecule has 0 spiro atoms. The molecule has 0 saturated carbocycles. The third-order valence-electron chi connectivity index (χ3n) is 5.10. The van der Waals surface area contributed by atoms with Gasteiger partial charge in [0, 0.05) is 32.6 Å². The van der Waals surface area contributed by atoms with Gasteiger partial charge in [-0.3, -0.25) is 4.90 Å². The molecule has 174 valence electrons. The molecule has 1 aromatic carbocycles. The van der Waals surface area contributed by atoms with Crippen molar-refractivity contribution < 1.29 is 4.74 Å². The monoisotopic (exact) mass is 559 g/mol. The number of aromatic nitrogens is 1. The molecule has 6 nitrogen and oxygen atoms in total. The van der Waals surface area contributed by atoms with E-state index in [2.05, 4.69) is 65.5 Å². The minimum absolute atomic E-state index is 0. The van der Waals surface area contributed by atoms with Crippen molar-refractivity contribution >= 4 is 41.3 Å². The zero-order valence-corrected chi connectivity index (χ0v) is 22.9. The highest BCUT2D eigenvalue weighted by atomic mass is 127. The van der Waals surface area contributed by atoms with E-state index in [1.54, 1.807) is 18.4 Å². The fourth-order valence-corrected chi connectivity index (χ4v) is 3.93. The predicted molar refractivity (Wildman–Crippen MR) is 142 cm³/mol. The van der Waals surface area contributed by atoms with Crippen LogP contribution in [0.15, 0.2) is 34.6 Å². The van der Waals surface area contributed by atoms with E-state index in [-0.39, 0.29) is 30.1 Å². The molecule has 0 fully saturated rings. The highest BCUT2D eigenvalue weighted by molar-refractivity contribution is 14.0. The lowest BCUT2D eigenvalue weighted by atomic mass is 10.1. The summed E-state index contributed by atoms with van der Waals surface area (Å²) in [6.45, 7) is 13.9. The Morgan fingerprint density at radius 2 is 1.77 bits per heavy atom. The summed E-state index contributed by atoms with van der Waals surface area (Å²) in [5.74, 6) is 0.888. The van der Waals surface area contributed by atoms with Gasteiger partial charge in [-0.15, -0.1) is 35.3 Å². The molecule has 1 atom stereocenters. The van der Waals surface area contributed by atoms with Crippen molar-refractivity contribution in [3.8, 4) is 0 Å². The van der Waals surface area contributed by atoms with Gasteiger partial charge in [0.15, 0.2) is 5.96 Å². The predicted octanol–water partition coefficient (Wildman–Crippen LogP) is 4.91. The molecular weight excluding hydrogens is 521 g/mol. The maximum atomic E-state index is 5.37. The number of aliphatic imine (C=N–C) groups is 1. The zero-order chi connectivity index (χ0) is 21.9. The van der Waals surface area contributed by atoms with Crippen molar-refractivity contribution in [2.45, 2.75) is 53.4 Å². The summed E-state index contributed by atoms with van der Waals surface area (Å²) in [7, 11) is 3.76. The number of thiazole rings is 1. The molecule has 1 aromatic heterocycles. The van der Waals surface area contributed by atoms with Crippen LogP contribution < -0.4 is 5.32 Å². The number of halogens is 1. The summed E-state index contributed by atoms with van der Waals surface area (Å²) in [6, 6.07) is 8.80. The van der Waals surface area contributed by atoms with Crippen LogP contribution in [0.2, 0.25) is 0 Å². The van der Waals surface area contributed by atoms with Crippen LogP contribution in [0.25, 0.3) is 0 Å². The van der Waals surface area contributed by atoms with Gasteiger partial charge in [-0.25, -0.2) is 9.98 Å². The van der Waals surface area contributed by atoms with Gasteiger partial charge in [0.2, 0.25) is 0 Å². The maximum Gasteiger partial charge on any atom is 0.194 e. The van der Waals surface area contributed by atoms with Crippen molar-refractivity contribution in [3.63, 3.8) is 0 Å². The molecular formula is C23H38IN5OS. The van der Waals surface area contributed by atoms with Crippen LogP contribution in [0.4, 0.5) is 0 Å². The summed E-state index contributed by atoms with van der Waals surface area (Å²) in [6.07, 6.45) is 0.0284. The average molecular weight is 560 g/mol. The van der Waals surface area contributed by atoms with E-state index in [4.69, 9.17) is 14.7 Å². The number of guanidine groups is 1. The SMILES string of the molecule is CCNC(=NCc1ccc(CN(CC)CC)cc1)N(C)Cc1csc(C(C)OC)n1.I. The first-order valence-electron chi connectivity index (χ1n) is 10.8. The van der Waals surface area contributed by atoms with Gasteiger partial charge < -0.3 is 15.0 Å². The molecule has 0 amide bonds. The highest BCUT2D eigenvalue weighted by Gasteiger charge is 2.12. The summed E-state index contributed by atoms with van der Waals surface area (Å²) in [5.41, 5.74) is 3.60. The second-order valence-corrected chi connectivity index (χ2v) is 8.25. The van der Waals surface area contributed by atoms with E-state index < -0.39 is 0 Å². The number of nitrogens with one attached hydrogen (secondary N) is 1. The van der Waals surface area contributed by atoms with Gasteiger partial charge in [-0.05, 0) is 38.1 Å². The summed E-state index contributed by atoms with van der Waals surface area (Å²) in [4.78, 5) is 14.1. The standard InChI is InChI=1S/C23H37N5OS.HI/c1-7-24-23(27(5)16-21-17-30-22(26-21)18(4)29-6)25-14-19-10-12-20(13-11-19)15-28(8-2)9-3;/h10-13,17-18H,7-9,14-16H2,1-6H3,(H,24,25);1H. The Bertz CT molecular complexity index is 777. The van der Waals surface area contributed by atoms with E-state index in [1.807, 2.05) is 14.0 Å². The fourth-order valence-electron chi connectivity index (χ4n) is 3.09. The third-order valence-corrected chi connectivity index (χ3v) is 6.16. The molecule has 1 heterocycles. The van der Waals surface area contributed by atoms with Gasteiger partial charge in [0.25, 0.3) is 0 Å². The molecule has 31 heavy (non-hydrogen) atoms. The van der Waals surface area contributed by atoms with Crippen LogP contribution in [0.5, 0.6) is 0 Å². The molecule has 0 radical (unpaired) electrons. The van der Waals surface area contributed by atoms with E-state index in [0.717, 1.165) is 42.8 Å². The molecule has 2 aromatic rings. The third kappa shape index (κ3) is 9.03. The number of hydrogen-bond donors (Lipinski definition) is 1. The molecule has 0 bridgehead atoms. The van der Waals surface area contributed by atoms with Crippen LogP contribution in [-0.2, 0) is 24.4 Å². The summed E-state index contributed by atoms with van der Waals surface area (Å²) < 4.78 is 5.37. The Hall–Kier alpha value is -1.23. The largest absolute Gasteiger partial charge is 0.375 e. The fraction of sp³-hybridized carbons (Fsp3) is 0.565. The Morgan fingerprint density at radius 3 is 2.35 bits per heavy atom. The lowest BCUT2D eigenvalue weighted by Gasteiger charge is -2.21. The van der Waals surface area contributed by atoms with Crippen molar-refractivity contribution in [2.24, 2.45) is 4.99 Å². The first-order valence-corrected chi connectivity index (χ1v) is 11.6. The lowest BCUT2D eigenvalue weighted by molar-refractivity contribution is 0.119. The minimum Gasteiger partial charge on any atom is -0.375 e. The van der Waals surface area contributed by atoms with E-state index in [1.165, 1.54) is 11.1 Å². The molecule has 0 saturated heterocycles. The molecule has 8 heteroatoms. The Morgan fingerprint density at radius 1 is 1.13 bits per heavy atom. The highest BCUT2D eigenvalue weighted by Crippen LogP contribution is 2.21. The van der Waals surface area contributed by atoms with Gasteiger partial charge >= 0.3 is 0 Å². The summed E-state index contributed by atoms with van der Waals surface area (Å²) in [5, 5.41) is 6.49. The normalized spacial score (nSPS) is 12.5. The molecule has 0 aliphatic rings. The Balaban J connectivity index is 0.00000480. The number of nitrogens with zero attached hydrogens (tertiary/aromatic N) is 4. The van der Waals surface area contributed by atoms with E-state index in [9.17, 15) is 0 Å². The quantitative estimate of drug-likeness (QED) is 0.241. The number of hydrogen-bond acceptors (Lipinski definition) is 5. The summed E-state index contributed by atoms with van der Waals surface area (Å²) >= 11 is 1.64. The Kier molecular flexibility index (Phi) is 13.2. The Labute approximate surface area is 209 Å². The van der Waals surface area contributed by atoms with Crippen molar-refractivity contribution in [1.29, 1.82) is 0 Å². The van der Waals surface area contributed by atoms with Crippen molar-refractivity contribution in [3.05, 3.63) is 51.5 Å². The van der Waals surface area contributed by atoms with Crippen LogP contribution in [0, 0.1) is 0 Å². The zero-order valence-electron chi connectivity index (χ0n) is 19.7. The first kappa shape index (κ1) is 27.8. The van der Waals surface area contributed by atoms with Crippen LogP contribution in [-0.4, -0.2) is 54.5 Å². The van der Waals surface area contributed by atoms with Crippen molar-refractivity contribution in [1.82, 2.24) is 20.1 Å². The van der Waals surface area contributed by atoms with Gasteiger partial charge in [0.1, 0.15) is 11.1 Å². The van der Waals surface area contributed by atoms with Gasteiger partial charge in [-0.1, -0.05) is 38.1 Å². The molecule has 1 N–H and O–H groups in total. The second kappa shape index (κ2) is 14.8. The molecule has 0 aliphatic heterocycles. The topological polar surface area (TPSA) is 53.0 Å². The first-order chi connectivity index (χ1) is 14.5. The van der Waals surface area contributed by atoms with Crippen molar-refractivity contribution in [2.75, 3.05) is 33.8 Å². The molecule has 0 aliphatic carbocycles. The molecule has 1 unspecified atom stereocenters. The number of methoxy groups -OCH3 is 1. The smallest absolute Gasteiger partial charge is 0.194 e. The average Bonchev–Trinajstić information content (AvgIpc) is 3.23. The van der Waals surface area contributed by atoms with Crippen LogP contribution in [0.1, 0.15) is 55.6 Å². The second-order valence-electron chi connectivity index (χ2n) is 7.36. The number of benzene rings is 1. The lowest BCUT2D eigenvalue weighted by Crippen LogP contribution is -2.38. The van der Waals surface area contributed by atoms with Crippen LogP contribution in [0.3, 0.4) is 0 Å². The van der Waals surface area contributed by atoms with Gasteiger partial charge in [-0.2, -0.15) is 0 Å². The number of ether oxygens (including phenoxy) is 1. The van der Waals surface area contributed by atoms with E-state index in [0.29, 0.717) is 13.1 Å².